The first kappa shape index (κ1) is 12.2. The molecule has 6 heteroatoms. The number of carbonyl (C=O) groups excluding carboxylic acids is 1. The van der Waals surface area contributed by atoms with E-state index in [-0.39, 0.29) is 12.8 Å². The van der Waals surface area contributed by atoms with Gasteiger partial charge in [0.15, 0.2) is 12.5 Å². The van der Waals surface area contributed by atoms with Crippen LogP contribution in [0.2, 0.25) is 0 Å². The highest BCUT2D eigenvalue weighted by Crippen LogP contribution is 2.18. The maximum atomic E-state index is 13.1. The molecule has 1 heterocycles. The molecule has 18 heavy (non-hydrogen) atoms. The summed E-state index contributed by atoms with van der Waals surface area (Å²) in [6, 6.07) is 4.94. The lowest BCUT2D eigenvalue weighted by Gasteiger charge is -2.10. The Labute approximate surface area is 102 Å². The third-order valence-corrected chi connectivity index (χ3v) is 2.56. The maximum Gasteiger partial charge on any atom is 0.269 e. The fraction of sp³-hybridized carbons (Fsp3) is 0.250. The van der Waals surface area contributed by atoms with Crippen molar-refractivity contribution in [3.63, 3.8) is 0 Å². The summed E-state index contributed by atoms with van der Waals surface area (Å²) in [6.45, 7) is -0.325. The summed E-state index contributed by atoms with van der Waals surface area (Å²) >= 11 is 0. The number of methoxy groups -OCH3 is 1. The van der Waals surface area contributed by atoms with Crippen molar-refractivity contribution in [3.05, 3.63) is 34.7 Å². The molecule has 5 nitrogen and oxygen atoms in total. The second kappa shape index (κ2) is 4.95. The van der Waals surface area contributed by atoms with Gasteiger partial charge in [0.25, 0.3) is 5.56 Å². The number of alkyl halides is 1. The van der Waals surface area contributed by atoms with Gasteiger partial charge >= 0.3 is 0 Å². The zero-order valence-corrected chi connectivity index (χ0v) is 9.67. The second-order valence-corrected chi connectivity index (χ2v) is 3.71. The van der Waals surface area contributed by atoms with Gasteiger partial charge < -0.3 is 14.1 Å². The van der Waals surface area contributed by atoms with Crippen LogP contribution in [-0.4, -0.2) is 29.1 Å². The van der Waals surface area contributed by atoms with Gasteiger partial charge in [0, 0.05) is 6.07 Å². The second-order valence-electron chi connectivity index (χ2n) is 3.71. The molecule has 94 valence electrons. The number of nitrogens with zero attached hydrogens (tertiary/aromatic N) is 2. The molecule has 2 aromatic rings. The van der Waals surface area contributed by atoms with Crippen LogP contribution in [0.1, 0.15) is 0 Å². The highest BCUT2D eigenvalue weighted by molar-refractivity contribution is 5.76. The lowest BCUT2D eigenvalue weighted by Crippen LogP contribution is -2.25. The normalized spacial score (nSPS) is 12.3. The summed E-state index contributed by atoms with van der Waals surface area (Å²) in [5.41, 5.74) is 0.514. The van der Waals surface area contributed by atoms with E-state index in [9.17, 15) is 14.0 Å². The largest absolute Gasteiger partial charge is 0.497 e. The SMILES string of the molecule is COc1ccc2ncc(=O)n(CC(F)C=O)c2c1. The topological polar surface area (TPSA) is 61.2 Å². The molecular formula is C12H11FN2O3. The van der Waals surface area contributed by atoms with Crippen LogP contribution in [0.25, 0.3) is 11.0 Å². The van der Waals surface area contributed by atoms with Crippen molar-refractivity contribution in [1.82, 2.24) is 9.55 Å². The Kier molecular flexibility index (Phi) is 3.36. The molecule has 0 aliphatic rings. The molecule has 1 atom stereocenters. The number of fused-ring (bicyclic) bond motifs is 1. The Bertz CT molecular complexity index is 639. The van der Waals surface area contributed by atoms with Crippen molar-refractivity contribution >= 4 is 17.3 Å². The van der Waals surface area contributed by atoms with Crippen LogP contribution in [0.5, 0.6) is 5.75 Å². The first-order valence-corrected chi connectivity index (χ1v) is 5.28. The van der Waals surface area contributed by atoms with E-state index in [1.54, 1.807) is 18.2 Å². The number of aromatic nitrogens is 2. The molecule has 2 rings (SSSR count). The minimum atomic E-state index is -1.72. The zero-order chi connectivity index (χ0) is 13.1. The highest BCUT2D eigenvalue weighted by atomic mass is 19.1. The van der Waals surface area contributed by atoms with Crippen LogP contribution >= 0.6 is 0 Å². The van der Waals surface area contributed by atoms with Crippen molar-refractivity contribution in [2.75, 3.05) is 7.11 Å². The first-order valence-electron chi connectivity index (χ1n) is 5.28. The Morgan fingerprint density at radius 2 is 2.33 bits per heavy atom. The molecule has 0 aliphatic carbocycles. The lowest BCUT2D eigenvalue weighted by atomic mass is 10.2. The van der Waals surface area contributed by atoms with Gasteiger partial charge in [-0.05, 0) is 12.1 Å². The van der Waals surface area contributed by atoms with Crippen molar-refractivity contribution < 1.29 is 13.9 Å². The van der Waals surface area contributed by atoms with Crippen LogP contribution in [0.4, 0.5) is 4.39 Å². The quantitative estimate of drug-likeness (QED) is 0.758. The summed E-state index contributed by atoms with van der Waals surface area (Å²) in [5, 5.41) is 0. The highest BCUT2D eigenvalue weighted by Gasteiger charge is 2.11. The van der Waals surface area contributed by atoms with E-state index in [0.29, 0.717) is 16.8 Å². The van der Waals surface area contributed by atoms with Gasteiger partial charge in [-0.3, -0.25) is 4.79 Å². The van der Waals surface area contributed by atoms with Crippen LogP contribution in [0, 0.1) is 0 Å². The number of ether oxygens (including phenoxy) is 1. The van der Waals surface area contributed by atoms with Gasteiger partial charge in [-0.15, -0.1) is 0 Å². The van der Waals surface area contributed by atoms with E-state index in [2.05, 4.69) is 4.98 Å². The zero-order valence-electron chi connectivity index (χ0n) is 9.67. The molecule has 0 aliphatic heterocycles. The van der Waals surface area contributed by atoms with Gasteiger partial charge in [0.1, 0.15) is 5.75 Å². The minimum absolute atomic E-state index is 0.166. The fourth-order valence-corrected chi connectivity index (χ4v) is 1.67. The van der Waals surface area contributed by atoms with E-state index in [1.165, 1.54) is 11.7 Å². The molecule has 1 unspecified atom stereocenters. The summed E-state index contributed by atoms with van der Waals surface area (Å²) in [4.78, 5) is 26.0. The number of benzene rings is 1. The third-order valence-electron chi connectivity index (χ3n) is 2.56. The number of carbonyl (C=O) groups is 1. The molecule has 0 saturated carbocycles. The van der Waals surface area contributed by atoms with Crippen LogP contribution in [-0.2, 0) is 11.3 Å². The summed E-state index contributed by atoms with van der Waals surface area (Å²) < 4.78 is 19.3. The van der Waals surface area contributed by atoms with Gasteiger partial charge in [0.2, 0.25) is 0 Å². The number of hydrogen-bond acceptors (Lipinski definition) is 4. The monoisotopic (exact) mass is 250 g/mol. The van der Waals surface area contributed by atoms with Crippen molar-refractivity contribution in [3.8, 4) is 5.75 Å². The van der Waals surface area contributed by atoms with Crippen LogP contribution < -0.4 is 10.3 Å². The molecule has 1 aromatic carbocycles. The summed E-state index contributed by atoms with van der Waals surface area (Å²) in [6.07, 6.45) is -0.454. The molecule has 0 fully saturated rings. The average molecular weight is 250 g/mol. The van der Waals surface area contributed by atoms with E-state index >= 15 is 0 Å². The maximum absolute atomic E-state index is 13.1. The number of aldehydes is 1. The van der Waals surface area contributed by atoms with E-state index in [0.717, 1.165) is 6.20 Å². The van der Waals surface area contributed by atoms with Gasteiger partial charge in [-0.2, -0.15) is 0 Å². The molecule has 0 amide bonds. The fourth-order valence-electron chi connectivity index (χ4n) is 1.67. The molecule has 0 spiro atoms. The van der Waals surface area contributed by atoms with Crippen molar-refractivity contribution in [2.24, 2.45) is 0 Å². The van der Waals surface area contributed by atoms with Crippen LogP contribution in [0.3, 0.4) is 0 Å². The Balaban J connectivity index is 2.64. The molecule has 0 radical (unpaired) electrons. The van der Waals surface area contributed by atoms with E-state index in [1.807, 2.05) is 0 Å². The molecule has 1 aromatic heterocycles. The van der Waals surface area contributed by atoms with Gasteiger partial charge in [-0.1, -0.05) is 0 Å². The lowest BCUT2D eigenvalue weighted by molar-refractivity contribution is -0.112. The predicted molar refractivity (Wildman–Crippen MR) is 63.5 cm³/mol. The molecular weight excluding hydrogens is 239 g/mol. The van der Waals surface area contributed by atoms with Crippen molar-refractivity contribution in [2.45, 2.75) is 12.7 Å². The molecule has 0 bridgehead atoms. The van der Waals surface area contributed by atoms with E-state index in [4.69, 9.17) is 4.74 Å². The third kappa shape index (κ3) is 2.22. The number of halogens is 1. The number of rotatable bonds is 4. The predicted octanol–water partition coefficient (Wildman–Crippen LogP) is 0.942. The van der Waals surface area contributed by atoms with Gasteiger partial charge in [0.05, 0.1) is 30.9 Å². The Morgan fingerprint density at radius 1 is 1.56 bits per heavy atom. The van der Waals surface area contributed by atoms with Crippen LogP contribution in [0.15, 0.2) is 29.2 Å². The number of hydrogen-bond donors (Lipinski definition) is 0. The van der Waals surface area contributed by atoms with E-state index < -0.39 is 11.7 Å². The standard InChI is InChI=1S/C12H11FN2O3/c1-18-9-2-3-10-11(4-9)15(6-8(13)7-16)12(17)5-14-10/h2-5,7-8H,6H2,1H3. The first-order chi connectivity index (χ1) is 8.65. The summed E-state index contributed by atoms with van der Waals surface area (Å²) in [5.74, 6) is 0.533. The Hall–Kier alpha value is -2.24. The average Bonchev–Trinajstić information content (AvgIpc) is 2.41. The summed E-state index contributed by atoms with van der Waals surface area (Å²) in [7, 11) is 1.49. The molecule has 0 saturated heterocycles. The smallest absolute Gasteiger partial charge is 0.269 e. The van der Waals surface area contributed by atoms with Crippen molar-refractivity contribution in [1.29, 1.82) is 0 Å². The van der Waals surface area contributed by atoms with Gasteiger partial charge in [-0.25, -0.2) is 9.37 Å². The molecule has 0 N–H and O–H groups in total. The Morgan fingerprint density at radius 3 is 3.00 bits per heavy atom. The minimum Gasteiger partial charge on any atom is -0.497 e.